The van der Waals surface area contributed by atoms with E-state index in [1.165, 1.54) is 42.5 Å². The smallest absolute Gasteiger partial charge is 0.241 e. The van der Waals surface area contributed by atoms with Gasteiger partial charge < -0.3 is 4.74 Å². The van der Waals surface area contributed by atoms with E-state index in [1.807, 2.05) is 0 Å². The Kier molecular flexibility index (Phi) is 4.40. The Morgan fingerprint density at radius 2 is 1.47 bits per heavy atom. The quantitative estimate of drug-likeness (QED) is 0.410. The summed E-state index contributed by atoms with van der Waals surface area (Å²) in [4.78, 5) is 55.7. The van der Waals surface area contributed by atoms with E-state index >= 15 is 0 Å². The number of fused-ring (bicyclic) bond motifs is 3. The largest absolute Gasteiger partial charge is 0.349 e. The number of amides is 2. The molecule has 2 aliphatic heterocycles. The lowest BCUT2D eigenvalue weighted by molar-refractivity contribution is -0.127. The molecule has 0 N–H and O–H groups in total. The normalized spacial score (nSPS) is 24.8. The van der Waals surface area contributed by atoms with Gasteiger partial charge in [-0.15, -0.1) is 0 Å². The Morgan fingerprint density at radius 1 is 0.824 bits per heavy atom. The Bertz CT molecular complexity index is 1380. The minimum atomic E-state index is -2.17. The minimum Gasteiger partial charge on any atom is -0.349 e. The van der Waals surface area contributed by atoms with Crippen LogP contribution in [0.1, 0.15) is 32.4 Å². The third-order valence-corrected chi connectivity index (χ3v) is 7.02. The first-order valence-corrected chi connectivity index (χ1v) is 11.0. The number of ether oxygens (including phenoxy) is 1. The van der Waals surface area contributed by atoms with E-state index in [-0.39, 0.29) is 16.8 Å². The van der Waals surface area contributed by atoms with Crippen LogP contribution in [0.3, 0.4) is 0 Å². The van der Waals surface area contributed by atoms with Crippen LogP contribution in [0.5, 0.6) is 0 Å². The molecule has 1 aliphatic carbocycles. The summed E-state index contributed by atoms with van der Waals surface area (Å²) < 4.78 is 19.8. The molecule has 0 radical (unpaired) electrons. The zero-order valence-corrected chi connectivity index (χ0v) is 18.2. The Hall–Kier alpha value is -3.68. The molecule has 2 saturated heterocycles. The van der Waals surface area contributed by atoms with Gasteiger partial charge >= 0.3 is 0 Å². The van der Waals surface area contributed by atoms with Gasteiger partial charge in [0.25, 0.3) is 0 Å². The first-order chi connectivity index (χ1) is 16.3. The summed E-state index contributed by atoms with van der Waals surface area (Å²) in [5.74, 6) is -5.65. The molecule has 0 unspecified atom stereocenters. The molecule has 0 bridgehead atoms. The molecule has 2 amide bonds. The summed E-state index contributed by atoms with van der Waals surface area (Å²) in [7, 11) is 0. The summed E-state index contributed by atoms with van der Waals surface area (Å²) in [6, 6.07) is 17.7. The highest BCUT2D eigenvalue weighted by molar-refractivity contribution is 6.37. The molecule has 6 rings (SSSR count). The fourth-order valence-electron chi connectivity index (χ4n) is 5.34. The van der Waals surface area contributed by atoms with E-state index in [2.05, 4.69) is 0 Å². The zero-order chi connectivity index (χ0) is 23.8. The highest BCUT2D eigenvalue weighted by Crippen LogP contribution is 2.57. The number of nitrogens with zero attached hydrogens (tertiary/aromatic N) is 1. The van der Waals surface area contributed by atoms with E-state index in [9.17, 15) is 23.6 Å². The average Bonchev–Trinajstić information content (AvgIpc) is 3.40. The molecule has 168 valence electrons. The molecule has 3 aliphatic rings. The van der Waals surface area contributed by atoms with E-state index in [0.717, 1.165) is 4.90 Å². The monoisotopic (exact) mass is 475 g/mol. The molecule has 0 aromatic heterocycles. The van der Waals surface area contributed by atoms with Crippen LogP contribution in [0.4, 0.5) is 10.1 Å². The van der Waals surface area contributed by atoms with Crippen molar-refractivity contribution in [3.05, 3.63) is 100 Å². The highest BCUT2D eigenvalue weighted by Gasteiger charge is 2.74. The van der Waals surface area contributed by atoms with Gasteiger partial charge in [-0.1, -0.05) is 54.1 Å². The number of ketones is 2. The van der Waals surface area contributed by atoms with Crippen molar-refractivity contribution in [2.24, 2.45) is 11.8 Å². The molecule has 0 saturated carbocycles. The number of Topliss-reactive ketones (excluding diaryl/α,β-unsaturated/α-hetero) is 2. The molecule has 6 nitrogen and oxygen atoms in total. The SMILES string of the molecule is O=C1[C@@H]2[C@@H](C(=O)N1c1cccc(Cl)c1)C1(O[C@H]2c2ccc(F)cc2)C(=O)c2ccccc2C1=O. The summed E-state index contributed by atoms with van der Waals surface area (Å²) >= 11 is 6.09. The van der Waals surface area contributed by atoms with Gasteiger partial charge in [-0.25, -0.2) is 9.29 Å². The first-order valence-electron chi connectivity index (χ1n) is 10.6. The lowest BCUT2D eigenvalue weighted by Gasteiger charge is -2.27. The maximum atomic E-state index is 13.8. The van der Waals surface area contributed by atoms with Crippen molar-refractivity contribution in [1.29, 1.82) is 0 Å². The topological polar surface area (TPSA) is 80.8 Å². The fourth-order valence-corrected chi connectivity index (χ4v) is 5.52. The Balaban J connectivity index is 1.55. The number of anilines is 1. The van der Waals surface area contributed by atoms with Crippen LogP contribution in [0.25, 0.3) is 0 Å². The summed E-state index contributed by atoms with van der Waals surface area (Å²) in [6.07, 6.45) is -1.10. The van der Waals surface area contributed by atoms with Crippen molar-refractivity contribution >= 4 is 40.7 Å². The number of rotatable bonds is 2. The van der Waals surface area contributed by atoms with E-state index in [0.29, 0.717) is 10.6 Å². The summed E-state index contributed by atoms with van der Waals surface area (Å²) in [5, 5.41) is 0.316. The van der Waals surface area contributed by atoms with E-state index in [1.54, 1.807) is 30.3 Å². The predicted octanol–water partition coefficient (Wildman–Crippen LogP) is 4.17. The van der Waals surface area contributed by atoms with Gasteiger partial charge in [-0.2, -0.15) is 0 Å². The van der Waals surface area contributed by atoms with Crippen molar-refractivity contribution in [3.8, 4) is 0 Å². The molecule has 2 heterocycles. The summed E-state index contributed by atoms with van der Waals surface area (Å²) in [5.41, 5.74) is -1.26. The summed E-state index contributed by atoms with van der Waals surface area (Å²) in [6.45, 7) is 0. The first kappa shape index (κ1) is 20.9. The Morgan fingerprint density at radius 3 is 2.09 bits per heavy atom. The lowest BCUT2D eigenvalue weighted by atomic mass is 9.77. The maximum absolute atomic E-state index is 13.8. The van der Waals surface area contributed by atoms with Gasteiger partial charge in [-0.3, -0.25) is 19.2 Å². The van der Waals surface area contributed by atoms with Gasteiger partial charge in [0.2, 0.25) is 29.0 Å². The van der Waals surface area contributed by atoms with Crippen molar-refractivity contribution < 1.29 is 28.3 Å². The zero-order valence-electron chi connectivity index (χ0n) is 17.4. The van der Waals surface area contributed by atoms with Crippen LogP contribution in [0, 0.1) is 17.7 Å². The van der Waals surface area contributed by atoms with E-state index in [4.69, 9.17) is 16.3 Å². The number of carbonyl (C=O) groups excluding carboxylic acids is 4. The van der Waals surface area contributed by atoms with Crippen LogP contribution in [0.2, 0.25) is 5.02 Å². The van der Waals surface area contributed by atoms with Crippen molar-refractivity contribution in [3.63, 3.8) is 0 Å². The van der Waals surface area contributed by atoms with Gasteiger partial charge in [0.05, 0.1) is 23.6 Å². The second-order valence-electron chi connectivity index (χ2n) is 8.52. The van der Waals surface area contributed by atoms with Gasteiger partial charge in [0.15, 0.2) is 0 Å². The van der Waals surface area contributed by atoms with Crippen molar-refractivity contribution in [2.75, 3.05) is 4.90 Å². The number of carbonyl (C=O) groups is 4. The molecule has 2 fully saturated rings. The van der Waals surface area contributed by atoms with Crippen LogP contribution in [0.15, 0.2) is 72.8 Å². The van der Waals surface area contributed by atoms with Gasteiger partial charge in [0, 0.05) is 16.1 Å². The Labute approximate surface area is 197 Å². The van der Waals surface area contributed by atoms with Crippen LogP contribution in [-0.2, 0) is 14.3 Å². The molecular weight excluding hydrogens is 461 g/mol. The fraction of sp³-hybridized carbons (Fsp3) is 0.154. The average molecular weight is 476 g/mol. The molecule has 3 aromatic rings. The number of benzene rings is 3. The van der Waals surface area contributed by atoms with Gasteiger partial charge in [0.1, 0.15) is 5.82 Å². The molecule has 3 atom stereocenters. The third kappa shape index (κ3) is 2.59. The van der Waals surface area contributed by atoms with Crippen LogP contribution < -0.4 is 4.90 Å². The highest BCUT2D eigenvalue weighted by atomic mass is 35.5. The minimum absolute atomic E-state index is 0.146. The molecule has 34 heavy (non-hydrogen) atoms. The van der Waals surface area contributed by atoms with E-state index < -0.39 is 52.7 Å². The molecule has 3 aromatic carbocycles. The maximum Gasteiger partial charge on any atom is 0.241 e. The number of hydrogen-bond acceptors (Lipinski definition) is 5. The standard InChI is InChI=1S/C26H15ClFNO5/c27-14-4-3-5-16(12-14)29-24(32)19-20(25(29)33)26(34-21(19)13-8-10-15(28)11-9-13)22(30)17-6-1-2-7-18(17)23(26)31/h1-12,19-21H/t19-,20+,21+/m1/s1. The molecule has 1 spiro atoms. The predicted molar refractivity (Wildman–Crippen MR) is 119 cm³/mol. The molecular formula is C26H15ClFNO5. The van der Waals surface area contributed by atoms with Crippen LogP contribution >= 0.6 is 11.6 Å². The second-order valence-corrected chi connectivity index (χ2v) is 8.96. The number of halogens is 2. The second kappa shape index (κ2) is 7.16. The van der Waals surface area contributed by atoms with Crippen molar-refractivity contribution in [2.45, 2.75) is 11.7 Å². The van der Waals surface area contributed by atoms with Gasteiger partial charge in [-0.05, 0) is 35.9 Å². The van der Waals surface area contributed by atoms with Crippen LogP contribution in [-0.4, -0.2) is 29.0 Å². The molecule has 8 heteroatoms. The number of hydrogen-bond donors (Lipinski definition) is 0. The number of imide groups is 1. The third-order valence-electron chi connectivity index (χ3n) is 6.78. The lowest BCUT2D eigenvalue weighted by Crippen LogP contribution is -2.51. The van der Waals surface area contributed by atoms with Crippen molar-refractivity contribution in [1.82, 2.24) is 0 Å².